The van der Waals surface area contributed by atoms with E-state index in [1.54, 1.807) is 24.6 Å². The van der Waals surface area contributed by atoms with Gasteiger partial charge in [0, 0.05) is 18.3 Å². The SMILES string of the molecule is CCOc1ccccc1C(=O)NCc1cccnc1-c1ccco1. The van der Waals surface area contributed by atoms with Gasteiger partial charge in [0.1, 0.15) is 11.4 Å². The normalized spacial score (nSPS) is 10.4. The highest BCUT2D eigenvalue weighted by Crippen LogP contribution is 2.22. The first kappa shape index (κ1) is 15.8. The predicted molar refractivity (Wildman–Crippen MR) is 90.7 cm³/mol. The molecule has 0 atom stereocenters. The Morgan fingerprint density at radius 1 is 1.17 bits per heavy atom. The number of rotatable bonds is 6. The third kappa shape index (κ3) is 3.46. The molecule has 24 heavy (non-hydrogen) atoms. The van der Waals surface area contributed by atoms with Crippen LogP contribution < -0.4 is 10.1 Å². The quantitative estimate of drug-likeness (QED) is 0.752. The Balaban J connectivity index is 1.76. The molecule has 1 amide bonds. The summed E-state index contributed by atoms with van der Waals surface area (Å²) in [4.78, 5) is 16.8. The lowest BCUT2D eigenvalue weighted by Gasteiger charge is -2.11. The fraction of sp³-hybridized carbons (Fsp3) is 0.158. The van der Waals surface area contributed by atoms with Gasteiger partial charge in [0.2, 0.25) is 0 Å². The lowest BCUT2D eigenvalue weighted by Crippen LogP contribution is -2.24. The van der Waals surface area contributed by atoms with E-state index in [-0.39, 0.29) is 5.91 Å². The lowest BCUT2D eigenvalue weighted by molar-refractivity contribution is 0.0947. The van der Waals surface area contributed by atoms with Gasteiger partial charge in [-0.15, -0.1) is 0 Å². The molecule has 3 aromatic rings. The van der Waals surface area contributed by atoms with Crippen molar-refractivity contribution in [3.05, 3.63) is 72.1 Å². The molecule has 1 aromatic carbocycles. The van der Waals surface area contributed by atoms with Crippen LogP contribution in [0.15, 0.2) is 65.4 Å². The number of pyridine rings is 1. The number of hydrogen-bond donors (Lipinski definition) is 1. The van der Waals surface area contributed by atoms with Crippen molar-refractivity contribution in [2.24, 2.45) is 0 Å². The number of nitrogens with one attached hydrogen (secondary N) is 1. The zero-order chi connectivity index (χ0) is 16.8. The van der Waals surface area contributed by atoms with Gasteiger partial charge in [0.25, 0.3) is 5.91 Å². The monoisotopic (exact) mass is 322 g/mol. The lowest BCUT2D eigenvalue weighted by atomic mass is 10.1. The van der Waals surface area contributed by atoms with Crippen LogP contribution in [0, 0.1) is 0 Å². The average Bonchev–Trinajstić information content (AvgIpc) is 3.15. The number of aromatic nitrogens is 1. The van der Waals surface area contributed by atoms with E-state index in [2.05, 4.69) is 10.3 Å². The number of hydrogen-bond acceptors (Lipinski definition) is 4. The Morgan fingerprint density at radius 3 is 2.83 bits per heavy atom. The summed E-state index contributed by atoms with van der Waals surface area (Å²) in [5, 5.41) is 2.92. The van der Waals surface area contributed by atoms with Crippen LogP contribution in [0.5, 0.6) is 5.75 Å². The number of amides is 1. The molecule has 0 saturated heterocycles. The molecule has 0 saturated carbocycles. The highest BCUT2D eigenvalue weighted by molar-refractivity contribution is 5.96. The standard InChI is InChI=1S/C19H18N2O3/c1-2-23-16-9-4-3-8-15(16)19(22)21-13-14-7-5-11-20-18(14)17-10-6-12-24-17/h3-12H,2,13H2,1H3,(H,21,22). The second-order valence-electron chi connectivity index (χ2n) is 5.10. The molecule has 0 fully saturated rings. The fourth-order valence-electron chi connectivity index (χ4n) is 2.42. The number of benzene rings is 1. The summed E-state index contributed by atoms with van der Waals surface area (Å²) in [6.45, 7) is 2.75. The summed E-state index contributed by atoms with van der Waals surface area (Å²) in [7, 11) is 0. The molecule has 0 bridgehead atoms. The molecule has 0 radical (unpaired) electrons. The molecule has 2 aromatic heterocycles. The van der Waals surface area contributed by atoms with Gasteiger partial charge in [-0.3, -0.25) is 9.78 Å². The maximum absolute atomic E-state index is 12.5. The van der Waals surface area contributed by atoms with Gasteiger partial charge in [0.15, 0.2) is 5.76 Å². The number of ether oxygens (including phenoxy) is 1. The van der Waals surface area contributed by atoms with E-state index in [0.717, 1.165) is 11.3 Å². The van der Waals surface area contributed by atoms with Crippen LogP contribution in [0.1, 0.15) is 22.8 Å². The van der Waals surface area contributed by atoms with E-state index in [1.807, 2.05) is 43.3 Å². The summed E-state index contributed by atoms with van der Waals surface area (Å²) in [6.07, 6.45) is 3.30. The third-order valence-corrected chi connectivity index (χ3v) is 3.52. The number of carbonyl (C=O) groups excluding carboxylic acids is 1. The summed E-state index contributed by atoms with van der Waals surface area (Å²) in [5.41, 5.74) is 2.12. The Bertz CT molecular complexity index is 813. The van der Waals surface area contributed by atoms with Crippen molar-refractivity contribution >= 4 is 5.91 Å². The molecule has 0 aliphatic rings. The zero-order valence-corrected chi connectivity index (χ0v) is 13.4. The largest absolute Gasteiger partial charge is 0.493 e. The van der Waals surface area contributed by atoms with Crippen molar-refractivity contribution in [1.82, 2.24) is 10.3 Å². The molecule has 0 aliphatic carbocycles. The molecule has 5 nitrogen and oxygen atoms in total. The minimum atomic E-state index is -0.187. The van der Waals surface area contributed by atoms with Gasteiger partial charge in [0.05, 0.1) is 18.4 Å². The van der Waals surface area contributed by atoms with Gasteiger partial charge in [-0.25, -0.2) is 0 Å². The van der Waals surface area contributed by atoms with Crippen molar-refractivity contribution in [2.75, 3.05) is 6.61 Å². The van der Waals surface area contributed by atoms with Crippen molar-refractivity contribution < 1.29 is 13.9 Å². The van der Waals surface area contributed by atoms with Gasteiger partial charge in [-0.1, -0.05) is 18.2 Å². The highest BCUT2D eigenvalue weighted by Gasteiger charge is 2.14. The maximum Gasteiger partial charge on any atom is 0.255 e. The van der Waals surface area contributed by atoms with E-state index in [4.69, 9.17) is 9.15 Å². The van der Waals surface area contributed by atoms with Gasteiger partial charge in [-0.05, 0) is 37.3 Å². The van der Waals surface area contributed by atoms with Crippen molar-refractivity contribution in [3.8, 4) is 17.2 Å². The second-order valence-corrected chi connectivity index (χ2v) is 5.10. The van der Waals surface area contributed by atoms with Crippen LogP contribution >= 0.6 is 0 Å². The zero-order valence-electron chi connectivity index (χ0n) is 13.4. The van der Waals surface area contributed by atoms with Gasteiger partial charge in [-0.2, -0.15) is 0 Å². The first-order chi connectivity index (χ1) is 11.8. The third-order valence-electron chi connectivity index (χ3n) is 3.52. The molecule has 5 heteroatoms. The van der Waals surface area contributed by atoms with Crippen LogP contribution in [0.4, 0.5) is 0 Å². The fourth-order valence-corrected chi connectivity index (χ4v) is 2.42. The topological polar surface area (TPSA) is 64.4 Å². The van der Waals surface area contributed by atoms with Gasteiger partial charge >= 0.3 is 0 Å². The molecular formula is C19H18N2O3. The highest BCUT2D eigenvalue weighted by atomic mass is 16.5. The minimum absolute atomic E-state index is 0.187. The molecular weight excluding hydrogens is 304 g/mol. The van der Waals surface area contributed by atoms with Crippen LogP contribution in [-0.4, -0.2) is 17.5 Å². The first-order valence-electron chi connectivity index (χ1n) is 7.77. The number of carbonyl (C=O) groups is 1. The molecule has 0 aliphatic heterocycles. The summed E-state index contributed by atoms with van der Waals surface area (Å²) in [5.74, 6) is 1.07. The van der Waals surface area contributed by atoms with E-state index in [0.29, 0.717) is 30.2 Å². The second kappa shape index (κ2) is 7.46. The maximum atomic E-state index is 12.5. The molecule has 0 spiro atoms. The Labute approximate surface area is 140 Å². The van der Waals surface area contributed by atoms with E-state index in [9.17, 15) is 4.79 Å². The minimum Gasteiger partial charge on any atom is -0.493 e. The molecule has 3 rings (SSSR count). The number of furan rings is 1. The summed E-state index contributed by atoms with van der Waals surface area (Å²) < 4.78 is 10.9. The Kier molecular flexibility index (Phi) is 4.91. The average molecular weight is 322 g/mol. The summed E-state index contributed by atoms with van der Waals surface area (Å²) >= 11 is 0. The van der Waals surface area contributed by atoms with Crippen molar-refractivity contribution in [3.63, 3.8) is 0 Å². The molecule has 0 unspecified atom stereocenters. The van der Waals surface area contributed by atoms with Crippen molar-refractivity contribution in [1.29, 1.82) is 0 Å². The smallest absolute Gasteiger partial charge is 0.255 e. The van der Waals surface area contributed by atoms with E-state index in [1.165, 1.54) is 0 Å². The van der Waals surface area contributed by atoms with Gasteiger partial charge < -0.3 is 14.5 Å². The first-order valence-corrected chi connectivity index (χ1v) is 7.77. The van der Waals surface area contributed by atoms with Crippen molar-refractivity contribution in [2.45, 2.75) is 13.5 Å². The summed E-state index contributed by atoms with van der Waals surface area (Å²) in [6, 6.07) is 14.6. The van der Waals surface area contributed by atoms with E-state index < -0.39 is 0 Å². The van der Waals surface area contributed by atoms with Crippen LogP contribution in [0.25, 0.3) is 11.5 Å². The Morgan fingerprint density at radius 2 is 2.04 bits per heavy atom. The molecule has 1 N–H and O–H groups in total. The Hall–Kier alpha value is -3.08. The number of nitrogens with zero attached hydrogens (tertiary/aromatic N) is 1. The predicted octanol–water partition coefficient (Wildman–Crippen LogP) is 3.67. The van der Waals surface area contributed by atoms with Crippen LogP contribution in [0.3, 0.4) is 0 Å². The molecule has 2 heterocycles. The van der Waals surface area contributed by atoms with E-state index >= 15 is 0 Å². The van der Waals surface area contributed by atoms with Crippen LogP contribution in [-0.2, 0) is 6.54 Å². The number of para-hydroxylation sites is 1. The molecule has 122 valence electrons. The van der Waals surface area contributed by atoms with Crippen LogP contribution in [0.2, 0.25) is 0 Å².